The van der Waals surface area contributed by atoms with Gasteiger partial charge in [0.25, 0.3) is 5.91 Å². The molecule has 94 valence electrons. The zero-order valence-corrected chi connectivity index (χ0v) is 10.1. The molecule has 0 aromatic carbocycles. The summed E-state index contributed by atoms with van der Waals surface area (Å²) in [5, 5.41) is 11.5. The van der Waals surface area contributed by atoms with Crippen LogP contribution in [0, 0.1) is 12.8 Å². The maximum absolute atomic E-state index is 11.8. The lowest BCUT2D eigenvalue weighted by atomic mass is 9.99. The van der Waals surface area contributed by atoms with E-state index in [1.807, 2.05) is 6.92 Å². The molecule has 0 aliphatic rings. The van der Waals surface area contributed by atoms with Crippen LogP contribution in [-0.2, 0) is 4.79 Å². The third-order valence-corrected chi connectivity index (χ3v) is 2.72. The molecule has 17 heavy (non-hydrogen) atoms. The molecule has 2 N–H and O–H groups in total. The molecule has 1 rings (SSSR count). The smallest absolute Gasteiger partial charge is 0.326 e. The van der Waals surface area contributed by atoms with E-state index in [9.17, 15) is 9.59 Å². The van der Waals surface area contributed by atoms with Crippen LogP contribution < -0.4 is 5.32 Å². The summed E-state index contributed by atoms with van der Waals surface area (Å²) in [4.78, 5) is 26.6. The highest BCUT2D eigenvalue weighted by molar-refractivity contribution is 5.95. The lowest BCUT2D eigenvalue weighted by Crippen LogP contribution is -2.45. The molecule has 0 bridgehead atoms. The van der Waals surface area contributed by atoms with Gasteiger partial charge in [0.05, 0.1) is 5.69 Å². The lowest BCUT2D eigenvalue weighted by Gasteiger charge is -2.19. The Morgan fingerprint density at radius 3 is 2.65 bits per heavy atom. The highest BCUT2D eigenvalue weighted by atomic mass is 16.4. The summed E-state index contributed by atoms with van der Waals surface area (Å²) >= 11 is 0. The van der Waals surface area contributed by atoms with Crippen molar-refractivity contribution in [2.45, 2.75) is 33.2 Å². The van der Waals surface area contributed by atoms with Crippen LogP contribution in [0.5, 0.6) is 0 Å². The molecule has 0 fully saturated rings. The molecule has 0 radical (unpaired) electrons. The SMILES string of the molecule is CCC(C)[C@H](NC(=O)c1ocnc1C)C(=O)O. The van der Waals surface area contributed by atoms with Crippen LogP contribution in [0.3, 0.4) is 0 Å². The first kappa shape index (κ1) is 13.2. The molecule has 0 aliphatic carbocycles. The largest absolute Gasteiger partial charge is 0.480 e. The number of carboxylic acids is 1. The van der Waals surface area contributed by atoms with Gasteiger partial charge in [-0.15, -0.1) is 0 Å². The first-order valence-corrected chi connectivity index (χ1v) is 5.41. The highest BCUT2D eigenvalue weighted by Gasteiger charge is 2.27. The van der Waals surface area contributed by atoms with Crippen LogP contribution in [0.25, 0.3) is 0 Å². The monoisotopic (exact) mass is 240 g/mol. The van der Waals surface area contributed by atoms with Crippen molar-refractivity contribution >= 4 is 11.9 Å². The molecular weight excluding hydrogens is 224 g/mol. The summed E-state index contributed by atoms with van der Waals surface area (Å²) in [5.41, 5.74) is 0.441. The van der Waals surface area contributed by atoms with Crippen LogP contribution in [0.2, 0.25) is 0 Å². The molecule has 1 aromatic heterocycles. The van der Waals surface area contributed by atoms with E-state index in [4.69, 9.17) is 9.52 Å². The molecule has 6 heteroatoms. The van der Waals surface area contributed by atoms with Gasteiger partial charge in [-0.1, -0.05) is 20.3 Å². The number of hydrogen-bond acceptors (Lipinski definition) is 4. The number of carboxylic acid groups (broad SMARTS) is 1. The molecule has 0 saturated carbocycles. The summed E-state index contributed by atoms with van der Waals surface area (Å²) in [7, 11) is 0. The van der Waals surface area contributed by atoms with Crippen LogP contribution in [0.15, 0.2) is 10.8 Å². The van der Waals surface area contributed by atoms with Gasteiger partial charge in [0.2, 0.25) is 5.76 Å². The Labute approximate surface area is 99.0 Å². The van der Waals surface area contributed by atoms with Crippen molar-refractivity contribution in [1.29, 1.82) is 0 Å². The Kier molecular flexibility index (Phi) is 4.25. The van der Waals surface area contributed by atoms with E-state index >= 15 is 0 Å². The van der Waals surface area contributed by atoms with E-state index in [0.29, 0.717) is 12.1 Å². The highest BCUT2D eigenvalue weighted by Crippen LogP contribution is 2.10. The zero-order valence-electron chi connectivity index (χ0n) is 10.1. The van der Waals surface area contributed by atoms with E-state index in [2.05, 4.69) is 10.3 Å². The fourth-order valence-corrected chi connectivity index (χ4v) is 1.41. The second-order valence-corrected chi connectivity index (χ2v) is 3.94. The van der Waals surface area contributed by atoms with Gasteiger partial charge in [-0.2, -0.15) is 0 Å². The van der Waals surface area contributed by atoms with E-state index in [-0.39, 0.29) is 11.7 Å². The number of aromatic nitrogens is 1. The molecule has 2 atom stereocenters. The third-order valence-electron chi connectivity index (χ3n) is 2.72. The minimum absolute atomic E-state index is 0.0551. The average Bonchev–Trinajstić information content (AvgIpc) is 2.70. The summed E-state index contributed by atoms with van der Waals surface area (Å²) in [6.07, 6.45) is 1.82. The Morgan fingerprint density at radius 2 is 2.24 bits per heavy atom. The van der Waals surface area contributed by atoms with Gasteiger partial charge >= 0.3 is 5.97 Å². The fraction of sp³-hybridized carbons (Fsp3) is 0.545. The average molecular weight is 240 g/mol. The van der Waals surface area contributed by atoms with Crippen molar-refractivity contribution in [3.63, 3.8) is 0 Å². The maximum Gasteiger partial charge on any atom is 0.326 e. The number of carbonyl (C=O) groups is 2. The maximum atomic E-state index is 11.8. The predicted octanol–water partition coefficient (Wildman–Crippen LogP) is 1.21. The summed E-state index contributed by atoms with van der Waals surface area (Å²) in [6, 6.07) is -0.919. The summed E-state index contributed by atoms with van der Waals surface area (Å²) in [5.74, 6) is -1.70. The lowest BCUT2D eigenvalue weighted by molar-refractivity contribution is -0.140. The fourth-order valence-electron chi connectivity index (χ4n) is 1.41. The Hall–Kier alpha value is -1.85. The number of rotatable bonds is 5. The Bertz CT molecular complexity index is 413. The molecule has 0 spiro atoms. The number of hydrogen-bond donors (Lipinski definition) is 2. The quantitative estimate of drug-likeness (QED) is 0.807. The number of amides is 1. The molecule has 1 amide bonds. The number of aryl methyl sites for hydroxylation is 1. The van der Waals surface area contributed by atoms with Crippen LogP contribution in [0.4, 0.5) is 0 Å². The molecule has 0 saturated heterocycles. The van der Waals surface area contributed by atoms with Crippen LogP contribution >= 0.6 is 0 Å². The molecular formula is C11H16N2O4. The number of carbonyl (C=O) groups excluding carboxylic acids is 1. The molecule has 1 aromatic rings. The number of oxazole rings is 1. The predicted molar refractivity (Wildman–Crippen MR) is 59.6 cm³/mol. The van der Waals surface area contributed by atoms with Crippen molar-refractivity contribution in [3.05, 3.63) is 17.8 Å². The zero-order chi connectivity index (χ0) is 13.0. The van der Waals surface area contributed by atoms with Gasteiger partial charge in [0, 0.05) is 0 Å². The molecule has 0 aliphatic heterocycles. The molecule has 6 nitrogen and oxygen atoms in total. The Morgan fingerprint density at radius 1 is 1.59 bits per heavy atom. The summed E-state index contributed by atoms with van der Waals surface area (Å²) in [6.45, 7) is 5.26. The van der Waals surface area contributed by atoms with Gasteiger partial charge in [0.15, 0.2) is 6.39 Å². The van der Waals surface area contributed by atoms with Gasteiger partial charge < -0.3 is 14.8 Å². The van der Waals surface area contributed by atoms with Gasteiger partial charge in [-0.3, -0.25) is 4.79 Å². The topological polar surface area (TPSA) is 92.4 Å². The first-order valence-electron chi connectivity index (χ1n) is 5.41. The van der Waals surface area contributed by atoms with Crippen molar-refractivity contribution < 1.29 is 19.1 Å². The van der Waals surface area contributed by atoms with Gasteiger partial charge in [-0.25, -0.2) is 9.78 Å². The van der Waals surface area contributed by atoms with Crippen LogP contribution in [-0.4, -0.2) is 28.0 Å². The number of aliphatic carboxylic acids is 1. The Balaban J connectivity index is 2.78. The van der Waals surface area contributed by atoms with Crippen molar-refractivity contribution in [2.75, 3.05) is 0 Å². The number of nitrogens with zero attached hydrogens (tertiary/aromatic N) is 1. The number of nitrogens with one attached hydrogen (secondary N) is 1. The summed E-state index contributed by atoms with van der Waals surface area (Å²) < 4.78 is 4.90. The van der Waals surface area contributed by atoms with Crippen molar-refractivity contribution in [3.8, 4) is 0 Å². The van der Waals surface area contributed by atoms with E-state index in [0.717, 1.165) is 6.39 Å². The normalized spacial score (nSPS) is 14.1. The third kappa shape index (κ3) is 3.05. The van der Waals surface area contributed by atoms with Gasteiger partial charge in [-0.05, 0) is 12.8 Å². The van der Waals surface area contributed by atoms with E-state index < -0.39 is 17.9 Å². The minimum Gasteiger partial charge on any atom is -0.480 e. The first-order chi connectivity index (χ1) is 7.97. The standard InChI is InChI=1S/C11H16N2O4/c1-4-6(2)8(11(15)16)13-10(14)9-7(3)12-5-17-9/h5-6,8H,4H2,1-3H3,(H,13,14)(H,15,16)/t6?,8-/m0/s1. The second-order valence-electron chi connectivity index (χ2n) is 3.94. The molecule has 1 heterocycles. The van der Waals surface area contributed by atoms with E-state index in [1.165, 1.54) is 0 Å². The van der Waals surface area contributed by atoms with E-state index in [1.54, 1.807) is 13.8 Å². The van der Waals surface area contributed by atoms with Crippen molar-refractivity contribution in [1.82, 2.24) is 10.3 Å². The second kappa shape index (κ2) is 5.47. The van der Waals surface area contributed by atoms with Crippen molar-refractivity contribution in [2.24, 2.45) is 5.92 Å². The van der Waals surface area contributed by atoms with Crippen LogP contribution in [0.1, 0.15) is 36.5 Å². The molecule has 1 unspecified atom stereocenters. The minimum atomic E-state index is -1.05. The van der Waals surface area contributed by atoms with Gasteiger partial charge in [0.1, 0.15) is 6.04 Å².